The number of aromatic nitrogens is 2. The number of amides is 1. The third-order valence-electron chi connectivity index (χ3n) is 3.80. The zero-order valence-corrected chi connectivity index (χ0v) is 14.1. The lowest BCUT2D eigenvalue weighted by Crippen LogP contribution is -2.30. The lowest BCUT2D eigenvalue weighted by molar-refractivity contribution is -0.119. The lowest BCUT2D eigenvalue weighted by Gasteiger charge is -2.23. The molecule has 2 heterocycles. The van der Waals surface area contributed by atoms with Crippen molar-refractivity contribution in [2.75, 3.05) is 18.4 Å². The number of anilines is 1. The van der Waals surface area contributed by atoms with Gasteiger partial charge in [0.2, 0.25) is 5.91 Å². The molecule has 118 valence electrons. The van der Waals surface area contributed by atoms with Crippen LogP contribution in [0.15, 0.2) is 6.07 Å². The van der Waals surface area contributed by atoms with Crippen LogP contribution < -0.4 is 10.6 Å². The molecule has 0 aliphatic carbocycles. The quantitative estimate of drug-likeness (QED) is 0.880. The minimum absolute atomic E-state index is 0.0368. The van der Waals surface area contributed by atoms with Crippen molar-refractivity contribution in [3.8, 4) is 0 Å². The normalized spacial score (nSPS) is 19.8. The van der Waals surface area contributed by atoms with Crippen molar-refractivity contribution in [2.45, 2.75) is 58.9 Å². The number of nitrogens with one attached hydrogen (secondary N) is 2. The van der Waals surface area contributed by atoms with Gasteiger partial charge in [0.25, 0.3) is 0 Å². The SMILES string of the molecule is CC(C)(C)c1cc(NC(=O)C2CCNC2)n(C(C)(C)C)n1. The summed E-state index contributed by atoms with van der Waals surface area (Å²) in [4.78, 5) is 12.4. The third kappa shape index (κ3) is 3.64. The molecule has 5 heteroatoms. The zero-order valence-electron chi connectivity index (χ0n) is 14.1. The van der Waals surface area contributed by atoms with E-state index in [4.69, 9.17) is 5.10 Å². The summed E-state index contributed by atoms with van der Waals surface area (Å²) in [5.41, 5.74) is 0.794. The van der Waals surface area contributed by atoms with Crippen molar-refractivity contribution in [3.05, 3.63) is 11.8 Å². The van der Waals surface area contributed by atoms with Crippen molar-refractivity contribution < 1.29 is 4.79 Å². The second kappa shape index (κ2) is 5.44. The first-order chi connectivity index (χ1) is 9.59. The number of hydrogen-bond donors (Lipinski definition) is 2. The highest BCUT2D eigenvalue weighted by atomic mass is 16.2. The molecule has 1 amide bonds. The first-order valence-corrected chi connectivity index (χ1v) is 7.71. The summed E-state index contributed by atoms with van der Waals surface area (Å²) in [6, 6.07) is 2.01. The highest BCUT2D eigenvalue weighted by molar-refractivity contribution is 5.92. The van der Waals surface area contributed by atoms with Gasteiger partial charge in [-0.05, 0) is 33.7 Å². The average molecular weight is 292 g/mol. The molecule has 1 fully saturated rings. The smallest absolute Gasteiger partial charge is 0.229 e. The van der Waals surface area contributed by atoms with Crippen molar-refractivity contribution >= 4 is 11.7 Å². The maximum Gasteiger partial charge on any atom is 0.229 e. The Bertz CT molecular complexity index is 513. The minimum Gasteiger partial charge on any atom is -0.316 e. The fraction of sp³-hybridized carbons (Fsp3) is 0.750. The van der Waals surface area contributed by atoms with Crippen LogP contribution in [0.3, 0.4) is 0 Å². The zero-order chi connectivity index (χ0) is 15.8. The van der Waals surface area contributed by atoms with Gasteiger partial charge in [0.05, 0.1) is 17.2 Å². The van der Waals surface area contributed by atoms with Gasteiger partial charge in [-0.25, -0.2) is 4.68 Å². The fourth-order valence-corrected chi connectivity index (χ4v) is 2.45. The lowest BCUT2D eigenvalue weighted by atomic mass is 9.92. The van der Waals surface area contributed by atoms with Crippen LogP contribution in [0.4, 0.5) is 5.82 Å². The molecule has 1 saturated heterocycles. The summed E-state index contributed by atoms with van der Waals surface area (Å²) < 4.78 is 1.92. The van der Waals surface area contributed by atoms with Gasteiger partial charge in [-0.2, -0.15) is 5.10 Å². The van der Waals surface area contributed by atoms with Crippen molar-refractivity contribution in [3.63, 3.8) is 0 Å². The number of nitrogens with zero attached hydrogens (tertiary/aromatic N) is 2. The van der Waals surface area contributed by atoms with Gasteiger partial charge in [-0.15, -0.1) is 0 Å². The van der Waals surface area contributed by atoms with Crippen LogP contribution in [-0.2, 0) is 15.7 Å². The number of carbonyl (C=O) groups is 1. The Kier molecular flexibility index (Phi) is 4.15. The van der Waals surface area contributed by atoms with Gasteiger partial charge in [-0.3, -0.25) is 4.79 Å². The average Bonchev–Trinajstić information content (AvgIpc) is 2.94. The number of rotatable bonds is 2. The largest absolute Gasteiger partial charge is 0.316 e. The summed E-state index contributed by atoms with van der Waals surface area (Å²) in [6.07, 6.45) is 0.904. The number of hydrogen-bond acceptors (Lipinski definition) is 3. The Morgan fingerprint density at radius 3 is 2.48 bits per heavy atom. The maximum atomic E-state index is 12.4. The Hall–Kier alpha value is -1.36. The molecule has 1 atom stereocenters. The van der Waals surface area contributed by atoms with Crippen LogP contribution in [0.25, 0.3) is 0 Å². The van der Waals surface area contributed by atoms with Gasteiger partial charge in [-0.1, -0.05) is 20.8 Å². The molecular formula is C16H28N4O. The molecule has 5 nitrogen and oxygen atoms in total. The molecule has 1 unspecified atom stereocenters. The Morgan fingerprint density at radius 1 is 1.33 bits per heavy atom. The Morgan fingerprint density at radius 2 is 2.00 bits per heavy atom. The molecule has 0 bridgehead atoms. The highest BCUT2D eigenvalue weighted by Crippen LogP contribution is 2.28. The van der Waals surface area contributed by atoms with Crippen LogP contribution in [0.1, 0.15) is 53.7 Å². The van der Waals surface area contributed by atoms with E-state index in [1.807, 2.05) is 10.7 Å². The van der Waals surface area contributed by atoms with Gasteiger partial charge >= 0.3 is 0 Å². The summed E-state index contributed by atoms with van der Waals surface area (Å²) in [7, 11) is 0. The molecule has 21 heavy (non-hydrogen) atoms. The summed E-state index contributed by atoms with van der Waals surface area (Å²) in [5, 5.41) is 11.0. The topological polar surface area (TPSA) is 59.0 Å². The maximum absolute atomic E-state index is 12.4. The van der Waals surface area contributed by atoms with E-state index >= 15 is 0 Å². The van der Waals surface area contributed by atoms with E-state index in [1.165, 1.54) is 0 Å². The number of carbonyl (C=O) groups excluding carboxylic acids is 1. The van der Waals surface area contributed by atoms with Crippen LogP contribution in [0.2, 0.25) is 0 Å². The first kappa shape index (κ1) is 16.0. The molecule has 1 aromatic heterocycles. The fourth-order valence-electron chi connectivity index (χ4n) is 2.45. The molecule has 1 aromatic rings. The monoisotopic (exact) mass is 292 g/mol. The van der Waals surface area contributed by atoms with E-state index in [9.17, 15) is 4.79 Å². The predicted molar refractivity (Wildman–Crippen MR) is 85.5 cm³/mol. The van der Waals surface area contributed by atoms with Crippen molar-refractivity contribution in [1.82, 2.24) is 15.1 Å². The molecule has 0 spiro atoms. The van der Waals surface area contributed by atoms with Crippen LogP contribution >= 0.6 is 0 Å². The van der Waals surface area contributed by atoms with Gasteiger partial charge in [0.15, 0.2) is 0 Å². The van der Waals surface area contributed by atoms with E-state index in [0.29, 0.717) is 0 Å². The van der Waals surface area contributed by atoms with Crippen LogP contribution in [0, 0.1) is 5.92 Å². The van der Waals surface area contributed by atoms with Gasteiger partial charge < -0.3 is 10.6 Å². The second-order valence-corrected chi connectivity index (χ2v) is 7.93. The Balaban J connectivity index is 2.28. The van der Waals surface area contributed by atoms with E-state index < -0.39 is 0 Å². The third-order valence-corrected chi connectivity index (χ3v) is 3.80. The molecule has 1 aliphatic rings. The molecule has 2 N–H and O–H groups in total. The predicted octanol–water partition coefficient (Wildman–Crippen LogP) is 2.48. The molecule has 0 radical (unpaired) electrons. The summed E-state index contributed by atoms with van der Waals surface area (Å²) >= 11 is 0. The molecule has 0 saturated carbocycles. The van der Waals surface area contributed by atoms with E-state index in [2.05, 4.69) is 52.2 Å². The van der Waals surface area contributed by atoms with E-state index in [1.54, 1.807) is 0 Å². The van der Waals surface area contributed by atoms with Crippen LogP contribution in [0.5, 0.6) is 0 Å². The standard InChI is InChI=1S/C16H28N4O/c1-15(2,3)12-9-13(20(19-12)16(4,5)6)18-14(21)11-7-8-17-10-11/h9,11,17H,7-8,10H2,1-6H3,(H,18,21). The molecule has 2 rings (SSSR count). The highest BCUT2D eigenvalue weighted by Gasteiger charge is 2.28. The van der Waals surface area contributed by atoms with Crippen LogP contribution in [-0.4, -0.2) is 28.8 Å². The molecule has 1 aliphatic heterocycles. The van der Waals surface area contributed by atoms with Crippen molar-refractivity contribution in [2.24, 2.45) is 5.92 Å². The second-order valence-electron chi connectivity index (χ2n) is 7.93. The summed E-state index contributed by atoms with van der Waals surface area (Å²) in [6.45, 7) is 14.4. The van der Waals surface area contributed by atoms with Gasteiger partial charge in [0.1, 0.15) is 5.82 Å². The minimum atomic E-state index is -0.167. The molecular weight excluding hydrogens is 264 g/mol. The first-order valence-electron chi connectivity index (χ1n) is 7.71. The summed E-state index contributed by atoms with van der Waals surface area (Å²) in [5.74, 6) is 0.946. The van der Waals surface area contributed by atoms with E-state index in [0.717, 1.165) is 31.0 Å². The van der Waals surface area contributed by atoms with Crippen molar-refractivity contribution in [1.29, 1.82) is 0 Å². The molecule has 0 aromatic carbocycles. The van der Waals surface area contributed by atoms with Gasteiger partial charge in [0, 0.05) is 18.0 Å². The van der Waals surface area contributed by atoms with E-state index in [-0.39, 0.29) is 22.8 Å². The Labute approximate surface area is 127 Å².